The fraction of sp³-hybridized carbons (Fsp3) is 0.375. The monoisotopic (exact) mass is 262 g/mol. The van der Waals surface area contributed by atoms with E-state index >= 15 is 0 Å². The van der Waals surface area contributed by atoms with Gasteiger partial charge in [-0.1, -0.05) is 6.58 Å². The number of aliphatic hydroxyl groups is 2. The van der Waals surface area contributed by atoms with Crippen LogP contribution in [0.25, 0.3) is 0 Å². The van der Waals surface area contributed by atoms with Gasteiger partial charge in [0.25, 0.3) is 0 Å². The van der Waals surface area contributed by atoms with Gasteiger partial charge < -0.3 is 28.0 Å². The molecule has 96 valence electrons. The summed E-state index contributed by atoms with van der Waals surface area (Å²) in [6.45, 7) is 3.16. The Hall–Kier alpha value is -1.16. The number of aliphatic hydroxyl groups excluding tert-OH is 2. The molecule has 0 aliphatic carbocycles. The van der Waals surface area contributed by atoms with E-state index in [1.54, 1.807) is 0 Å². The first kappa shape index (κ1) is 21.2. The molecule has 0 spiro atoms. The van der Waals surface area contributed by atoms with Crippen molar-refractivity contribution in [3.8, 4) is 0 Å². The van der Waals surface area contributed by atoms with Crippen molar-refractivity contribution in [3.05, 3.63) is 12.7 Å². The van der Waals surface area contributed by atoms with Crippen molar-refractivity contribution in [1.29, 1.82) is 0 Å². The Morgan fingerprint density at radius 3 is 1.53 bits per heavy atom. The quantitative estimate of drug-likeness (QED) is 0.261. The van der Waals surface area contributed by atoms with Crippen LogP contribution in [0, 0.1) is 0 Å². The molecule has 0 saturated carbocycles. The Balaban J connectivity index is -0.0000000646. The second kappa shape index (κ2) is 11.3. The third-order valence-corrected chi connectivity index (χ3v) is 1.17. The number of carboxylic acid groups (broad SMARTS) is 2. The van der Waals surface area contributed by atoms with E-state index in [2.05, 4.69) is 11.3 Å². The number of carbonyl (C=O) groups excluding carboxylic acids is 1. The molecule has 0 fully saturated rings. The zero-order valence-electron chi connectivity index (χ0n) is 11.1. The molecular formula is C8H14MgO8. The van der Waals surface area contributed by atoms with Gasteiger partial charge in [0, 0.05) is 6.08 Å². The number of carbonyl (C=O) groups is 3. The summed E-state index contributed by atoms with van der Waals surface area (Å²) in [5.41, 5.74) is 0. The first-order chi connectivity index (χ1) is 7.27. The van der Waals surface area contributed by atoms with Crippen LogP contribution in [0.5, 0.6) is 0 Å². The molecule has 9 heteroatoms. The third kappa shape index (κ3) is 11.1. The van der Waals surface area contributed by atoms with E-state index in [1.165, 1.54) is 7.11 Å². The Kier molecular flexibility index (Phi) is 14.1. The first-order valence-electron chi connectivity index (χ1n) is 3.80. The second-order valence-corrected chi connectivity index (χ2v) is 2.29. The van der Waals surface area contributed by atoms with E-state index in [-0.39, 0.29) is 25.9 Å². The molecule has 0 aliphatic rings. The van der Waals surface area contributed by atoms with Gasteiger partial charge in [0.1, 0.15) is 0 Å². The van der Waals surface area contributed by atoms with E-state index in [4.69, 9.17) is 20.4 Å². The van der Waals surface area contributed by atoms with Crippen LogP contribution >= 0.6 is 0 Å². The van der Waals surface area contributed by atoms with Gasteiger partial charge in [0.05, 0.1) is 7.11 Å². The zero-order valence-corrected chi connectivity index (χ0v) is 10.5. The van der Waals surface area contributed by atoms with Crippen molar-refractivity contribution in [3.63, 3.8) is 0 Å². The van der Waals surface area contributed by atoms with Crippen molar-refractivity contribution in [2.75, 3.05) is 7.11 Å². The molecule has 0 amide bonds. The van der Waals surface area contributed by atoms with Crippen molar-refractivity contribution in [2.24, 2.45) is 0 Å². The molecule has 0 radical (unpaired) electrons. The minimum atomic E-state index is -2.27. The number of ether oxygens (including phenoxy) is 1. The Labute approximate surface area is 116 Å². The van der Waals surface area contributed by atoms with Crippen LogP contribution < -0.4 is 0 Å². The van der Waals surface area contributed by atoms with Gasteiger partial charge in [-0.3, -0.25) is 0 Å². The van der Waals surface area contributed by atoms with Crippen LogP contribution in [0.3, 0.4) is 0 Å². The van der Waals surface area contributed by atoms with Gasteiger partial charge in [-0.15, -0.1) is 0 Å². The maximum atomic E-state index is 9.84. The van der Waals surface area contributed by atoms with Crippen molar-refractivity contribution in [2.45, 2.75) is 12.2 Å². The zero-order chi connectivity index (χ0) is 13.3. The molecule has 0 aliphatic heterocycles. The normalized spacial score (nSPS) is 11.7. The smallest absolute Gasteiger partial charge is 1.00 e. The number of hydrogen-bond acceptors (Lipinski definition) is 6. The number of aliphatic carboxylic acids is 2. The Morgan fingerprint density at radius 1 is 1.18 bits per heavy atom. The molecule has 2 atom stereocenters. The largest absolute Gasteiger partial charge is 2.00 e. The molecule has 0 aromatic heterocycles. The van der Waals surface area contributed by atoms with Crippen LogP contribution in [0.15, 0.2) is 12.7 Å². The summed E-state index contributed by atoms with van der Waals surface area (Å²) in [5.74, 6) is -3.93. The average Bonchev–Trinajstić information content (AvgIpc) is 2.26. The number of esters is 1. The maximum Gasteiger partial charge on any atom is 2.00 e. The molecular weight excluding hydrogens is 248 g/mol. The molecule has 4 N–H and O–H groups in total. The molecule has 0 rings (SSSR count). The van der Waals surface area contributed by atoms with E-state index in [0.717, 1.165) is 6.08 Å². The predicted octanol–water partition coefficient (Wildman–Crippen LogP) is -1.93. The van der Waals surface area contributed by atoms with E-state index in [9.17, 15) is 14.4 Å². The van der Waals surface area contributed by atoms with Crippen molar-refractivity contribution < 1.29 is 42.4 Å². The van der Waals surface area contributed by atoms with Crippen LogP contribution in [0.4, 0.5) is 0 Å². The molecule has 0 aromatic carbocycles. The van der Waals surface area contributed by atoms with Gasteiger partial charge in [-0.05, 0) is 0 Å². The fourth-order valence-electron chi connectivity index (χ4n) is 0.353. The van der Waals surface area contributed by atoms with Crippen LogP contribution in [-0.4, -0.2) is 80.7 Å². The number of rotatable bonds is 4. The summed E-state index contributed by atoms with van der Waals surface area (Å²) < 4.78 is 4.14. The fourth-order valence-corrected chi connectivity index (χ4v) is 0.353. The summed E-state index contributed by atoms with van der Waals surface area (Å²) in [6, 6.07) is 0. The Bertz CT molecular complexity index is 268. The SMILES string of the molecule is C=CC(=O)OC.O=C(O)C(O)C(O)C(=O)O.[H-].[H-].[Mg+2]. The van der Waals surface area contributed by atoms with Crippen molar-refractivity contribution in [1.82, 2.24) is 0 Å². The maximum absolute atomic E-state index is 9.84. The van der Waals surface area contributed by atoms with Gasteiger partial charge in [-0.25, -0.2) is 14.4 Å². The molecule has 0 saturated heterocycles. The van der Waals surface area contributed by atoms with Gasteiger partial charge in [-0.2, -0.15) is 0 Å². The van der Waals surface area contributed by atoms with Gasteiger partial charge in [0.15, 0.2) is 12.2 Å². The molecule has 0 bridgehead atoms. The number of methoxy groups -OCH3 is 1. The topological polar surface area (TPSA) is 141 Å². The van der Waals surface area contributed by atoms with Crippen LogP contribution in [0.1, 0.15) is 2.85 Å². The first-order valence-corrected chi connectivity index (χ1v) is 3.80. The molecule has 8 nitrogen and oxygen atoms in total. The summed E-state index contributed by atoms with van der Waals surface area (Å²) >= 11 is 0. The summed E-state index contributed by atoms with van der Waals surface area (Å²) in [4.78, 5) is 29.4. The second-order valence-electron chi connectivity index (χ2n) is 2.29. The minimum absolute atomic E-state index is 0. The van der Waals surface area contributed by atoms with E-state index in [0.29, 0.717) is 0 Å². The Morgan fingerprint density at radius 2 is 1.47 bits per heavy atom. The van der Waals surface area contributed by atoms with Gasteiger partial charge in [0.2, 0.25) is 0 Å². The molecule has 0 aromatic rings. The molecule has 2 unspecified atom stereocenters. The van der Waals surface area contributed by atoms with E-state index in [1.807, 2.05) is 0 Å². The summed E-state index contributed by atoms with van der Waals surface area (Å²) in [6.07, 6.45) is -3.42. The number of hydrogen-bond donors (Lipinski definition) is 4. The molecule has 17 heavy (non-hydrogen) atoms. The van der Waals surface area contributed by atoms with Crippen molar-refractivity contribution >= 4 is 41.0 Å². The average molecular weight is 262 g/mol. The number of carboxylic acids is 2. The summed E-state index contributed by atoms with van der Waals surface area (Å²) in [7, 11) is 1.31. The predicted molar refractivity (Wildman–Crippen MR) is 57.5 cm³/mol. The standard InChI is InChI=1S/C4H6O6.C4H6O2.Mg.2H/c5-1(3(7)8)2(6)4(9)10;1-3-4(5)6-2;;;/h1-2,5-6H,(H,7,8)(H,9,10);3H,1H2,2H3;;;/q;;+2;2*-1. The van der Waals surface area contributed by atoms with Gasteiger partial charge >= 0.3 is 41.0 Å². The summed E-state index contributed by atoms with van der Waals surface area (Å²) in [5, 5.41) is 32.5. The molecule has 0 heterocycles. The van der Waals surface area contributed by atoms with E-state index < -0.39 is 30.1 Å². The minimum Gasteiger partial charge on any atom is -1.00 e. The van der Waals surface area contributed by atoms with Crippen LogP contribution in [0.2, 0.25) is 0 Å². The van der Waals surface area contributed by atoms with Crippen LogP contribution in [-0.2, 0) is 19.1 Å². The third-order valence-electron chi connectivity index (χ3n) is 1.17.